The van der Waals surface area contributed by atoms with Gasteiger partial charge in [-0.15, -0.1) is 0 Å². The summed E-state index contributed by atoms with van der Waals surface area (Å²) >= 11 is 0. The van der Waals surface area contributed by atoms with Crippen LogP contribution in [0.5, 0.6) is 11.5 Å². The fourth-order valence-electron chi connectivity index (χ4n) is 2.63. The predicted octanol–water partition coefficient (Wildman–Crippen LogP) is 2.47. The Bertz CT molecular complexity index is 613. The van der Waals surface area contributed by atoms with Crippen LogP contribution in [0.1, 0.15) is 11.1 Å². The van der Waals surface area contributed by atoms with Gasteiger partial charge in [-0.1, -0.05) is 6.07 Å². The van der Waals surface area contributed by atoms with E-state index in [2.05, 4.69) is 11.1 Å². The quantitative estimate of drug-likeness (QED) is 0.930. The minimum Gasteiger partial charge on any atom is -0.497 e. The molecule has 1 aliphatic rings. The van der Waals surface area contributed by atoms with Crippen LogP contribution in [0.25, 0.3) is 0 Å². The molecule has 0 saturated carbocycles. The smallest absolute Gasteiger partial charge is 0.126 e. The molecular weight excluding hydrogens is 252 g/mol. The Kier molecular flexibility index (Phi) is 3.46. The molecule has 104 valence electrons. The van der Waals surface area contributed by atoms with E-state index in [4.69, 9.17) is 15.2 Å². The third-order valence-electron chi connectivity index (χ3n) is 3.60. The molecule has 0 aliphatic carbocycles. The summed E-state index contributed by atoms with van der Waals surface area (Å²) in [5.41, 5.74) is 8.87. The largest absolute Gasteiger partial charge is 0.497 e. The Labute approximate surface area is 118 Å². The van der Waals surface area contributed by atoms with Gasteiger partial charge in [0.05, 0.1) is 19.4 Å². The van der Waals surface area contributed by atoms with Crippen molar-refractivity contribution in [3.63, 3.8) is 0 Å². The first-order valence-electron chi connectivity index (χ1n) is 6.73. The van der Waals surface area contributed by atoms with Crippen LogP contribution in [0.3, 0.4) is 0 Å². The number of aromatic nitrogens is 1. The zero-order valence-corrected chi connectivity index (χ0v) is 11.5. The highest BCUT2D eigenvalue weighted by Crippen LogP contribution is 2.32. The van der Waals surface area contributed by atoms with Crippen molar-refractivity contribution in [3.05, 3.63) is 47.8 Å². The molecule has 1 atom stereocenters. The minimum absolute atomic E-state index is 0.458. The van der Waals surface area contributed by atoms with Gasteiger partial charge in [0.2, 0.25) is 0 Å². The minimum atomic E-state index is 0.458. The van der Waals surface area contributed by atoms with Gasteiger partial charge in [0.15, 0.2) is 0 Å². The third-order valence-corrected chi connectivity index (χ3v) is 3.60. The lowest BCUT2D eigenvalue weighted by atomic mass is 9.91. The molecule has 1 aromatic heterocycles. The molecule has 0 unspecified atom stereocenters. The van der Waals surface area contributed by atoms with Crippen molar-refractivity contribution in [2.24, 2.45) is 5.92 Å². The van der Waals surface area contributed by atoms with E-state index < -0.39 is 0 Å². The van der Waals surface area contributed by atoms with Crippen LogP contribution in [0.4, 0.5) is 5.69 Å². The molecule has 0 amide bonds. The van der Waals surface area contributed by atoms with Crippen molar-refractivity contribution in [1.82, 2.24) is 4.98 Å². The lowest BCUT2D eigenvalue weighted by Gasteiger charge is -2.25. The molecule has 4 heteroatoms. The Morgan fingerprint density at radius 2 is 2.25 bits per heavy atom. The van der Waals surface area contributed by atoms with E-state index in [1.54, 1.807) is 13.3 Å². The summed E-state index contributed by atoms with van der Waals surface area (Å²) in [6.07, 6.45) is 5.49. The Balaban J connectivity index is 1.72. The molecule has 0 bridgehead atoms. The highest BCUT2D eigenvalue weighted by Gasteiger charge is 2.20. The molecule has 3 rings (SSSR count). The second-order valence-electron chi connectivity index (χ2n) is 5.19. The number of nitrogens with two attached hydrogens (primary N) is 1. The van der Waals surface area contributed by atoms with E-state index in [-0.39, 0.29) is 0 Å². The normalized spacial score (nSPS) is 17.1. The van der Waals surface area contributed by atoms with Crippen molar-refractivity contribution in [1.29, 1.82) is 0 Å². The number of hydrogen-bond acceptors (Lipinski definition) is 4. The summed E-state index contributed by atoms with van der Waals surface area (Å²) in [5, 5.41) is 0. The van der Waals surface area contributed by atoms with Crippen molar-refractivity contribution in [3.8, 4) is 11.5 Å². The number of ether oxygens (including phenoxy) is 2. The molecule has 0 saturated heterocycles. The van der Waals surface area contributed by atoms with Gasteiger partial charge >= 0.3 is 0 Å². The molecular formula is C16H18N2O2. The summed E-state index contributed by atoms with van der Waals surface area (Å²) in [4.78, 5) is 4.13. The summed E-state index contributed by atoms with van der Waals surface area (Å²) in [6.45, 7) is 0.717. The number of anilines is 1. The molecule has 2 heterocycles. The van der Waals surface area contributed by atoms with Gasteiger partial charge in [-0.2, -0.15) is 0 Å². The maximum absolute atomic E-state index is 5.85. The van der Waals surface area contributed by atoms with Crippen LogP contribution < -0.4 is 15.2 Å². The standard InChI is InChI=1S/C16H18N2O2/c1-19-15-3-2-13-5-12(10-20-16(13)7-15)4-11-6-14(17)9-18-8-11/h2-3,6-9,12H,4-5,10,17H2,1H3/t12-/m0/s1. The van der Waals surface area contributed by atoms with E-state index >= 15 is 0 Å². The number of fused-ring (bicyclic) bond motifs is 1. The van der Waals surface area contributed by atoms with Gasteiger partial charge in [-0.05, 0) is 36.1 Å². The predicted molar refractivity (Wildman–Crippen MR) is 78.0 cm³/mol. The summed E-state index contributed by atoms with van der Waals surface area (Å²) in [7, 11) is 1.67. The van der Waals surface area contributed by atoms with Crippen LogP contribution in [0.2, 0.25) is 0 Å². The molecule has 1 aromatic carbocycles. The summed E-state index contributed by atoms with van der Waals surface area (Å²) < 4.78 is 11.1. The highest BCUT2D eigenvalue weighted by molar-refractivity contribution is 5.42. The van der Waals surface area contributed by atoms with Crippen molar-refractivity contribution in [2.75, 3.05) is 19.5 Å². The van der Waals surface area contributed by atoms with Gasteiger partial charge in [0.1, 0.15) is 11.5 Å². The number of hydrogen-bond donors (Lipinski definition) is 1. The maximum atomic E-state index is 5.85. The van der Waals surface area contributed by atoms with E-state index in [9.17, 15) is 0 Å². The summed E-state index contributed by atoms with van der Waals surface area (Å²) in [5.74, 6) is 2.23. The Hall–Kier alpha value is -2.23. The molecule has 2 aromatic rings. The second kappa shape index (κ2) is 5.41. The number of nitrogen functional groups attached to an aromatic ring is 1. The third kappa shape index (κ3) is 2.69. The van der Waals surface area contributed by atoms with Crippen LogP contribution in [0.15, 0.2) is 36.7 Å². The number of nitrogens with zero attached hydrogens (tertiary/aromatic N) is 1. The van der Waals surface area contributed by atoms with Crippen LogP contribution in [-0.2, 0) is 12.8 Å². The lowest BCUT2D eigenvalue weighted by Crippen LogP contribution is -2.22. The van der Waals surface area contributed by atoms with E-state index in [0.717, 1.165) is 36.5 Å². The van der Waals surface area contributed by atoms with Gasteiger partial charge in [0.25, 0.3) is 0 Å². The number of pyridine rings is 1. The van der Waals surface area contributed by atoms with Crippen molar-refractivity contribution >= 4 is 5.69 Å². The second-order valence-corrected chi connectivity index (χ2v) is 5.19. The lowest BCUT2D eigenvalue weighted by molar-refractivity contribution is 0.220. The molecule has 20 heavy (non-hydrogen) atoms. The number of benzene rings is 1. The van der Waals surface area contributed by atoms with E-state index in [1.165, 1.54) is 5.56 Å². The molecule has 1 aliphatic heterocycles. The molecule has 2 N–H and O–H groups in total. The first kappa shape index (κ1) is 12.8. The Morgan fingerprint density at radius 1 is 1.35 bits per heavy atom. The summed E-state index contributed by atoms with van der Waals surface area (Å²) in [6, 6.07) is 7.99. The van der Waals surface area contributed by atoms with Gasteiger partial charge < -0.3 is 15.2 Å². The van der Waals surface area contributed by atoms with E-state index in [0.29, 0.717) is 11.6 Å². The van der Waals surface area contributed by atoms with Crippen molar-refractivity contribution in [2.45, 2.75) is 12.8 Å². The topological polar surface area (TPSA) is 57.4 Å². The number of rotatable bonds is 3. The first-order chi connectivity index (χ1) is 9.74. The fourth-order valence-corrected chi connectivity index (χ4v) is 2.63. The van der Waals surface area contributed by atoms with Gasteiger partial charge in [-0.25, -0.2) is 0 Å². The van der Waals surface area contributed by atoms with Crippen LogP contribution in [0, 0.1) is 5.92 Å². The first-order valence-corrected chi connectivity index (χ1v) is 6.73. The zero-order chi connectivity index (χ0) is 13.9. The molecule has 0 spiro atoms. The molecule has 0 fully saturated rings. The van der Waals surface area contributed by atoms with E-state index in [1.807, 2.05) is 24.4 Å². The zero-order valence-electron chi connectivity index (χ0n) is 11.5. The van der Waals surface area contributed by atoms with Crippen molar-refractivity contribution < 1.29 is 9.47 Å². The maximum Gasteiger partial charge on any atom is 0.126 e. The monoisotopic (exact) mass is 270 g/mol. The molecule has 0 radical (unpaired) electrons. The van der Waals surface area contributed by atoms with Gasteiger partial charge in [0, 0.05) is 24.4 Å². The SMILES string of the molecule is COc1ccc2c(c1)OC[C@@H](Cc1cncc(N)c1)C2. The average molecular weight is 270 g/mol. The highest BCUT2D eigenvalue weighted by atomic mass is 16.5. The number of methoxy groups -OCH3 is 1. The molecule has 4 nitrogen and oxygen atoms in total. The van der Waals surface area contributed by atoms with Crippen LogP contribution in [-0.4, -0.2) is 18.7 Å². The van der Waals surface area contributed by atoms with Gasteiger partial charge in [-0.3, -0.25) is 4.98 Å². The fraction of sp³-hybridized carbons (Fsp3) is 0.312. The van der Waals surface area contributed by atoms with Crippen LogP contribution >= 0.6 is 0 Å². The Morgan fingerprint density at radius 3 is 3.05 bits per heavy atom. The average Bonchev–Trinajstić information content (AvgIpc) is 2.47.